The lowest BCUT2D eigenvalue weighted by Gasteiger charge is -2.02. The van der Waals surface area contributed by atoms with Gasteiger partial charge in [0.1, 0.15) is 5.82 Å². The number of halogens is 1. The molecule has 0 saturated carbocycles. The zero-order valence-electron chi connectivity index (χ0n) is 10.6. The lowest BCUT2D eigenvalue weighted by molar-refractivity contribution is 0.0697. The third kappa shape index (κ3) is 3.85. The monoisotopic (exact) mass is 269 g/mol. The van der Waals surface area contributed by atoms with Gasteiger partial charge in [0.05, 0.1) is 12.1 Å². The van der Waals surface area contributed by atoms with Crippen LogP contribution in [0.25, 0.3) is 0 Å². The highest BCUT2D eigenvalue weighted by Crippen LogP contribution is 2.08. The lowest BCUT2D eigenvalue weighted by Crippen LogP contribution is -2.00. The van der Waals surface area contributed by atoms with E-state index in [2.05, 4.69) is 17.2 Å². The fourth-order valence-corrected chi connectivity index (χ4v) is 1.56. The van der Waals surface area contributed by atoms with E-state index in [9.17, 15) is 9.18 Å². The first-order valence-corrected chi connectivity index (χ1v) is 5.97. The summed E-state index contributed by atoms with van der Waals surface area (Å²) >= 11 is 0. The van der Waals surface area contributed by atoms with Gasteiger partial charge in [-0.1, -0.05) is 11.8 Å². The van der Waals surface area contributed by atoms with Crippen LogP contribution in [0.4, 0.5) is 10.1 Å². The van der Waals surface area contributed by atoms with Crippen LogP contribution in [0, 0.1) is 17.7 Å². The molecule has 0 aromatic heterocycles. The summed E-state index contributed by atoms with van der Waals surface area (Å²) in [5, 5.41) is 11.8. The van der Waals surface area contributed by atoms with Crippen LogP contribution in [0.15, 0.2) is 48.5 Å². The van der Waals surface area contributed by atoms with Gasteiger partial charge in [0.15, 0.2) is 0 Å². The van der Waals surface area contributed by atoms with Crippen LogP contribution in [-0.2, 0) is 0 Å². The molecule has 2 aromatic rings. The molecule has 0 bridgehead atoms. The number of hydrogen-bond donors (Lipinski definition) is 2. The number of benzene rings is 2. The Bertz CT molecular complexity index is 652. The standard InChI is InChI=1S/C16H12FNO2/c17-14-7-3-12(4-8-14)2-1-11-18-15-9-5-13(6-10-15)16(19)20/h3-10,18H,11H2,(H,19,20). The first-order valence-electron chi connectivity index (χ1n) is 5.97. The fraction of sp³-hybridized carbons (Fsp3) is 0.0625. The van der Waals surface area contributed by atoms with Crippen LogP contribution < -0.4 is 5.32 Å². The van der Waals surface area contributed by atoms with E-state index in [0.29, 0.717) is 6.54 Å². The molecule has 0 amide bonds. The fourth-order valence-electron chi connectivity index (χ4n) is 1.56. The van der Waals surface area contributed by atoms with Gasteiger partial charge in [-0.3, -0.25) is 0 Å². The minimum absolute atomic E-state index is 0.243. The van der Waals surface area contributed by atoms with Crippen LogP contribution in [0.2, 0.25) is 0 Å². The smallest absolute Gasteiger partial charge is 0.335 e. The Morgan fingerprint density at radius 2 is 1.75 bits per heavy atom. The van der Waals surface area contributed by atoms with Crippen molar-refractivity contribution in [3.05, 3.63) is 65.5 Å². The summed E-state index contributed by atoms with van der Waals surface area (Å²) in [7, 11) is 0. The summed E-state index contributed by atoms with van der Waals surface area (Å²) in [6.45, 7) is 0.420. The van der Waals surface area contributed by atoms with Crippen molar-refractivity contribution in [3.8, 4) is 11.8 Å². The van der Waals surface area contributed by atoms with Crippen molar-refractivity contribution in [3.63, 3.8) is 0 Å². The first-order chi connectivity index (χ1) is 9.65. The average Bonchev–Trinajstić information content (AvgIpc) is 2.46. The number of carboxylic acid groups (broad SMARTS) is 1. The maximum Gasteiger partial charge on any atom is 0.335 e. The molecule has 0 aliphatic heterocycles. The zero-order valence-corrected chi connectivity index (χ0v) is 10.6. The summed E-state index contributed by atoms with van der Waals surface area (Å²) < 4.78 is 12.7. The van der Waals surface area contributed by atoms with Gasteiger partial charge in [-0.2, -0.15) is 0 Å². The molecule has 2 rings (SSSR count). The highest BCUT2D eigenvalue weighted by Gasteiger charge is 2.00. The van der Waals surface area contributed by atoms with Gasteiger partial charge in [0.2, 0.25) is 0 Å². The number of rotatable bonds is 3. The predicted molar refractivity (Wildman–Crippen MR) is 75.2 cm³/mol. The maximum atomic E-state index is 12.7. The molecule has 100 valence electrons. The van der Waals surface area contributed by atoms with Crippen molar-refractivity contribution >= 4 is 11.7 Å². The summed E-state index contributed by atoms with van der Waals surface area (Å²) in [5.74, 6) is 4.57. The van der Waals surface area contributed by atoms with Gasteiger partial charge in [-0.05, 0) is 48.5 Å². The molecule has 4 heteroatoms. The number of carboxylic acids is 1. The molecule has 2 aromatic carbocycles. The zero-order chi connectivity index (χ0) is 14.4. The van der Waals surface area contributed by atoms with Crippen LogP contribution in [0.1, 0.15) is 15.9 Å². The lowest BCUT2D eigenvalue weighted by atomic mass is 10.2. The second kappa shape index (κ2) is 6.39. The van der Waals surface area contributed by atoms with Gasteiger partial charge in [0.25, 0.3) is 0 Å². The highest BCUT2D eigenvalue weighted by molar-refractivity contribution is 5.87. The highest BCUT2D eigenvalue weighted by atomic mass is 19.1. The average molecular weight is 269 g/mol. The van der Waals surface area contributed by atoms with E-state index in [1.54, 1.807) is 24.3 Å². The second-order valence-electron chi connectivity index (χ2n) is 4.04. The van der Waals surface area contributed by atoms with Crippen molar-refractivity contribution in [2.24, 2.45) is 0 Å². The Hall–Kier alpha value is -2.80. The van der Waals surface area contributed by atoms with E-state index in [4.69, 9.17) is 5.11 Å². The molecule has 0 saturated heterocycles. The molecule has 0 radical (unpaired) electrons. The Labute approximate surface area is 116 Å². The van der Waals surface area contributed by atoms with E-state index in [1.807, 2.05) is 0 Å². The summed E-state index contributed by atoms with van der Waals surface area (Å²) in [4.78, 5) is 10.7. The summed E-state index contributed by atoms with van der Waals surface area (Å²) in [6, 6.07) is 12.4. The van der Waals surface area contributed by atoms with Crippen molar-refractivity contribution in [2.75, 3.05) is 11.9 Å². The van der Waals surface area contributed by atoms with Gasteiger partial charge in [-0.25, -0.2) is 9.18 Å². The third-order valence-corrected chi connectivity index (χ3v) is 2.59. The Kier molecular flexibility index (Phi) is 4.35. The van der Waals surface area contributed by atoms with E-state index in [0.717, 1.165) is 11.3 Å². The molecule has 0 atom stereocenters. The molecular formula is C16H12FNO2. The van der Waals surface area contributed by atoms with Gasteiger partial charge in [0, 0.05) is 11.3 Å². The Morgan fingerprint density at radius 1 is 1.10 bits per heavy atom. The SMILES string of the molecule is O=C(O)c1ccc(NCC#Cc2ccc(F)cc2)cc1. The molecular weight excluding hydrogens is 257 g/mol. The van der Waals surface area contributed by atoms with Crippen molar-refractivity contribution in [2.45, 2.75) is 0 Å². The van der Waals surface area contributed by atoms with Crippen molar-refractivity contribution < 1.29 is 14.3 Å². The molecule has 0 spiro atoms. The molecule has 0 unspecified atom stereocenters. The number of aromatic carboxylic acids is 1. The van der Waals surface area contributed by atoms with Crippen LogP contribution in [0.5, 0.6) is 0 Å². The van der Waals surface area contributed by atoms with Crippen LogP contribution in [-0.4, -0.2) is 17.6 Å². The number of hydrogen-bond acceptors (Lipinski definition) is 2. The topological polar surface area (TPSA) is 49.3 Å². The van der Waals surface area contributed by atoms with Gasteiger partial charge in [-0.15, -0.1) is 0 Å². The second-order valence-corrected chi connectivity index (χ2v) is 4.04. The van der Waals surface area contributed by atoms with E-state index < -0.39 is 5.97 Å². The Balaban J connectivity index is 1.90. The minimum atomic E-state index is -0.951. The van der Waals surface area contributed by atoms with E-state index >= 15 is 0 Å². The minimum Gasteiger partial charge on any atom is -0.478 e. The maximum absolute atomic E-state index is 12.7. The molecule has 0 aliphatic rings. The predicted octanol–water partition coefficient (Wildman–Crippen LogP) is 2.99. The molecule has 2 N–H and O–H groups in total. The molecule has 0 aliphatic carbocycles. The van der Waals surface area contributed by atoms with Crippen LogP contribution >= 0.6 is 0 Å². The number of nitrogens with one attached hydrogen (secondary N) is 1. The summed E-state index contributed by atoms with van der Waals surface area (Å²) in [5.41, 5.74) is 1.78. The van der Waals surface area contributed by atoms with Gasteiger partial charge < -0.3 is 10.4 Å². The number of anilines is 1. The quantitative estimate of drug-likeness (QED) is 0.842. The molecule has 20 heavy (non-hydrogen) atoms. The molecule has 3 nitrogen and oxygen atoms in total. The van der Waals surface area contributed by atoms with Crippen molar-refractivity contribution in [1.82, 2.24) is 0 Å². The Morgan fingerprint density at radius 3 is 2.35 bits per heavy atom. The van der Waals surface area contributed by atoms with E-state index in [-0.39, 0.29) is 11.4 Å². The van der Waals surface area contributed by atoms with E-state index in [1.165, 1.54) is 24.3 Å². The molecule has 0 fully saturated rings. The first kappa shape index (κ1) is 13.6. The van der Waals surface area contributed by atoms with Crippen molar-refractivity contribution in [1.29, 1.82) is 0 Å². The number of carbonyl (C=O) groups is 1. The normalized spacial score (nSPS) is 9.45. The largest absolute Gasteiger partial charge is 0.478 e. The third-order valence-electron chi connectivity index (χ3n) is 2.59. The molecule has 0 heterocycles. The summed E-state index contributed by atoms with van der Waals surface area (Å²) in [6.07, 6.45) is 0. The van der Waals surface area contributed by atoms with Crippen LogP contribution in [0.3, 0.4) is 0 Å². The van der Waals surface area contributed by atoms with Gasteiger partial charge >= 0.3 is 5.97 Å².